The molecule has 20 nitrogen and oxygen atoms in total. The molecule has 13 heterocycles. The van der Waals surface area contributed by atoms with Crippen LogP contribution in [0.25, 0.3) is 44.5 Å². The highest BCUT2D eigenvalue weighted by Crippen LogP contribution is 2.55. The first-order chi connectivity index (χ1) is 64.8. The summed E-state index contributed by atoms with van der Waals surface area (Å²) in [6.07, 6.45) is 37.2. The number of hydrogen-bond acceptors (Lipinski definition) is 13. The SMILES string of the molecule is Cn1cc(-c2ccc(CN3C(=O)C4(CCN(C5CCCC5)C4)c4ccccc43)cc2)cn1.Cn1cc(-c2ccc(CN3C(=O)C4(CCN(C5CCCC5)C4)c4ccccc43)cc2F)cn1.Cn1cc(-c2ccc(CN3C(=O)C4(CCN(C5CCCCC5)C4)c4ccccc43)c(F)c2)cn1.Cn1cc(-c2ccc(CN3C(=O)C4(CCN(C5CCSCC5)C4)c4ccccc43)c(F)c2)cn1. The molecule has 5 saturated heterocycles. The molecule has 9 aliphatic heterocycles. The van der Waals surface area contributed by atoms with Crippen LogP contribution in [0.4, 0.5) is 35.9 Å². The molecule has 133 heavy (non-hydrogen) atoms. The minimum absolute atomic E-state index is 0.122. The van der Waals surface area contributed by atoms with Crippen molar-refractivity contribution in [1.82, 2.24) is 58.7 Å². The van der Waals surface area contributed by atoms with Crippen molar-refractivity contribution in [3.63, 3.8) is 0 Å². The molecule has 3 saturated carbocycles. The zero-order valence-electron chi connectivity index (χ0n) is 76.8. The third kappa shape index (κ3) is 16.6. The molecule has 4 atom stereocenters. The molecule has 4 amide bonds. The Kier molecular flexibility index (Phi) is 24.3. The van der Waals surface area contributed by atoms with Gasteiger partial charge in [0.05, 0.1) is 72.6 Å². The highest BCUT2D eigenvalue weighted by atomic mass is 32.2. The van der Waals surface area contributed by atoms with Gasteiger partial charge in [-0.3, -0.25) is 57.5 Å². The van der Waals surface area contributed by atoms with E-state index >= 15 is 8.78 Å². The molecule has 24 rings (SSSR count). The topological polar surface area (TPSA) is 165 Å². The summed E-state index contributed by atoms with van der Waals surface area (Å²) in [4.78, 5) is 73.6. The molecule has 4 aromatic heterocycles. The number of fused-ring (bicyclic) bond motifs is 8. The van der Waals surface area contributed by atoms with Crippen molar-refractivity contribution in [3.8, 4) is 44.5 Å². The van der Waals surface area contributed by atoms with Gasteiger partial charge in [0.1, 0.15) is 17.5 Å². The smallest absolute Gasteiger partial charge is 0.239 e. The summed E-state index contributed by atoms with van der Waals surface area (Å²) in [6.45, 7) is 8.68. The third-order valence-corrected chi connectivity index (χ3v) is 32.7. The zero-order valence-corrected chi connectivity index (χ0v) is 77.7. The highest BCUT2D eigenvalue weighted by Gasteiger charge is 2.60. The second-order valence-electron chi connectivity index (χ2n) is 39.6. The van der Waals surface area contributed by atoms with Gasteiger partial charge in [0, 0.05) is 165 Å². The number of rotatable bonds is 16. The van der Waals surface area contributed by atoms with Gasteiger partial charge in [0.2, 0.25) is 23.6 Å². The number of nitrogens with zero attached hydrogens (tertiary/aromatic N) is 16. The zero-order chi connectivity index (χ0) is 90.9. The molecule has 8 aromatic carbocycles. The first-order valence-electron chi connectivity index (χ1n) is 48.4. The summed E-state index contributed by atoms with van der Waals surface area (Å²) in [5.74, 6) is 2.25. The van der Waals surface area contributed by atoms with Crippen LogP contribution < -0.4 is 19.6 Å². The van der Waals surface area contributed by atoms with E-state index in [1.54, 1.807) is 69.2 Å². The van der Waals surface area contributed by atoms with Crippen LogP contribution in [0.3, 0.4) is 0 Å². The van der Waals surface area contributed by atoms with E-state index in [4.69, 9.17) is 0 Å². The van der Waals surface area contributed by atoms with E-state index in [1.807, 2.05) is 168 Å². The summed E-state index contributed by atoms with van der Waals surface area (Å²) < 4.78 is 52.3. The predicted molar refractivity (Wildman–Crippen MR) is 518 cm³/mol. The maximum Gasteiger partial charge on any atom is 0.239 e. The van der Waals surface area contributed by atoms with Crippen LogP contribution in [-0.2, 0) is 95.2 Å². The second kappa shape index (κ2) is 36.7. The number of aryl methyl sites for hydroxylation is 4. The quantitative estimate of drug-likeness (QED) is 0.0898. The molecule has 4 unspecified atom stereocenters. The molecule has 4 spiro atoms. The fraction of sp³-hybridized carbons (Fsp3) is 0.413. The molecule has 12 aromatic rings. The number of aromatic nitrogens is 8. The van der Waals surface area contributed by atoms with E-state index in [9.17, 15) is 23.6 Å². The number of hydrogen-bond donors (Lipinski definition) is 0. The molecule has 24 heteroatoms. The number of benzene rings is 8. The number of carbonyl (C=O) groups is 4. The summed E-state index contributed by atoms with van der Waals surface area (Å²) >= 11 is 2.03. The van der Waals surface area contributed by atoms with Crippen LogP contribution in [0.15, 0.2) is 225 Å². The number of halogens is 3. The molecular weight excluding hydrogens is 1690 g/mol. The van der Waals surface area contributed by atoms with Crippen LogP contribution >= 0.6 is 11.8 Å². The van der Waals surface area contributed by atoms with Crippen molar-refractivity contribution < 1.29 is 32.3 Å². The number of carbonyl (C=O) groups excluding carboxylic acids is 4. The van der Waals surface area contributed by atoms with Gasteiger partial charge in [-0.15, -0.1) is 0 Å². The molecular formula is C109H119F3N16O4S. The first-order valence-corrected chi connectivity index (χ1v) is 49.5. The standard InChI is InChI=1S/C28H31FN4O.C27H29FN4OS.C27H29FN4O.C27H30N4O/c1-31-17-22(16-30-31)20-11-12-21(25(29)15-20)18-33-26-10-6-5-9-24(26)28(27(33)34)13-14-32(19-28)23-7-3-2-4-8-23;1-30-16-21(15-29-30)19-6-7-20(24(28)14-19)17-32-25-5-3-2-4-23(25)27(26(32)33)10-11-31(18-27)22-8-12-34-13-9-22;1-30-17-20(15-29-30)22-11-10-19(14-24(22)28)16-32-25-9-5-4-8-23(25)27(26(32)33)12-13-31(18-27)21-6-2-3-7-21;1-29-18-22(16-28-29)21-12-10-20(11-13-21)17-31-25-9-5-4-8-24(25)27(26(31)32)14-15-30(19-27)23-6-2-3-7-23/h5-6,9-12,15-17,23H,2-4,7-8,13-14,18-19H2,1H3;2-7,14-16,22H,8-13,17-18H2,1H3;4-5,8-11,14-15,17,21H,2-3,6-7,12-13,16,18H2,1H3;4-5,8-13,16,18,23H,2-3,6-7,14-15,17,19H2,1H3. The van der Waals surface area contributed by atoms with Gasteiger partial charge in [-0.1, -0.05) is 178 Å². The van der Waals surface area contributed by atoms with Crippen molar-refractivity contribution in [2.24, 2.45) is 28.2 Å². The number of thioether (sulfide) groups is 1. The minimum atomic E-state index is -0.507. The Bertz CT molecular complexity index is 6150. The fourth-order valence-corrected chi connectivity index (χ4v) is 25.7. The minimum Gasteiger partial charge on any atom is -0.307 e. The monoisotopic (exact) mass is 1800 g/mol. The Morgan fingerprint density at radius 3 is 0.970 bits per heavy atom. The maximum absolute atomic E-state index is 15.2. The Hall–Kier alpha value is -11.5. The Balaban J connectivity index is 0.000000107. The molecule has 8 fully saturated rings. The van der Waals surface area contributed by atoms with Crippen molar-refractivity contribution >= 4 is 58.1 Å². The van der Waals surface area contributed by atoms with Crippen LogP contribution in [0.2, 0.25) is 0 Å². The van der Waals surface area contributed by atoms with Gasteiger partial charge in [-0.25, -0.2) is 13.2 Å². The van der Waals surface area contributed by atoms with E-state index in [0.717, 1.165) is 168 Å². The fourth-order valence-electron chi connectivity index (χ4n) is 24.6. The lowest BCUT2D eigenvalue weighted by Gasteiger charge is -2.32. The summed E-state index contributed by atoms with van der Waals surface area (Å²) in [7, 11) is 7.44. The number of likely N-dealkylation sites (tertiary alicyclic amines) is 4. The second-order valence-corrected chi connectivity index (χ2v) is 40.8. The largest absolute Gasteiger partial charge is 0.307 e. The molecule has 0 bridgehead atoms. The average Bonchev–Trinajstić information content (AvgIpc) is 1.58. The Labute approximate surface area is 782 Å². The van der Waals surface area contributed by atoms with Crippen LogP contribution in [-0.4, -0.2) is 170 Å². The van der Waals surface area contributed by atoms with Gasteiger partial charge < -0.3 is 19.6 Å². The van der Waals surface area contributed by atoms with Crippen molar-refractivity contribution in [2.45, 2.75) is 194 Å². The molecule has 0 N–H and O–H groups in total. The van der Waals surface area contributed by atoms with E-state index in [0.29, 0.717) is 53.9 Å². The molecule has 686 valence electrons. The normalized spacial score (nSPS) is 23.3. The van der Waals surface area contributed by atoms with Gasteiger partial charge in [-0.05, 0) is 207 Å². The summed E-state index contributed by atoms with van der Waals surface area (Å²) in [5, 5.41) is 16.8. The van der Waals surface area contributed by atoms with E-state index < -0.39 is 16.2 Å². The lowest BCUT2D eigenvalue weighted by molar-refractivity contribution is -0.123. The Morgan fingerprint density at radius 2 is 0.624 bits per heavy atom. The van der Waals surface area contributed by atoms with Crippen molar-refractivity contribution in [2.75, 3.05) is 83.5 Å². The van der Waals surface area contributed by atoms with Crippen molar-refractivity contribution in [1.29, 1.82) is 0 Å². The maximum atomic E-state index is 15.2. The summed E-state index contributed by atoms with van der Waals surface area (Å²) in [6, 6.07) is 59.8. The van der Waals surface area contributed by atoms with Crippen LogP contribution in [0.1, 0.15) is 167 Å². The number of amides is 4. The van der Waals surface area contributed by atoms with Gasteiger partial charge in [0.15, 0.2) is 0 Å². The predicted octanol–water partition coefficient (Wildman–Crippen LogP) is 18.8. The third-order valence-electron chi connectivity index (χ3n) is 31.7. The van der Waals surface area contributed by atoms with Crippen molar-refractivity contribution in [3.05, 3.63) is 287 Å². The Morgan fingerprint density at radius 1 is 0.316 bits per heavy atom. The lowest BCUT2D eigenvalue weighted by Crippen LogP contribution is -2.44. The van der Waals surface area contributed by atoms with E-state index in [-0.39, 0.29) is 59.6 Å². The summed E-state index contributed by atoms with van der Waals surface area (Å²) in [5.41, 5.74) is 16.6. The molecule has 0 radical (unpaired) electrons. The molecule has 3 aliphatic carbocycles. The first kappa shape index (κ1) is 88.1. The van der Waals surface area contributed by atoms with E-state index in [1.165, 1.54) is 113 Å². The van der Waals surface area contributed by atoms with Crippen LogP contribution in [0, 0.1) is 17.5 Å². The van der Waals surface area contributed by atoms with E-state index in [2.05, 4.69) is 107 Å². The van der Waals surface area contributed by atoms with Gasteiger partial charge in [0.25, 0.3) is 0 Å². The average molecular weight is 1810 g/mol. The molecule has 12 aliphatic rings. The number of anilines is 4. The van der Waals surface area contributed by atoms with Gasteiger partial charge in [-0.2, -0.15) is 32.2 Å². The van der Waals surface area contributed by atoms with Crippen LogP contribution in [0.5, 0.6) is 0 Å². The highest BCUT2D eigenvalue weighted by molar-refractivity contribution is 7.99. The lowest BCUT2D eigenvalue weighted by atomic mass is 9.81. The van der Waals surface area contributed by atoms with Gasteiger partial charge >= 0.3 is 0 Å². The number of para-hydroxylation sites is 4.